The second-order valence-corrected chi connectivity index (χ2v) is 5.45. The molecule has 1 aromatic carbocycles. The molecule has 0 bridgehead atoms. The lowest BCUT2D eigenvalue weighted by Gasteiger charge is -2.03. The lowest BCUT2D eigenvalue weighted by atomic mass is 10.1. The highest BCUT2D eigenvalue weighted by molar-refractivity contribution is 7.11. The average molecular weight is 286 g/mol. The summed E-state index contributed by atoms with van der Waals surface area (Å²) in [5.41, 5.74) is 1.73. The number of ketones is 1. The molecule has 0 aliphatic carbocycles. The Bertz CT molecular complexity index is 697. The van der Waals surface area contributed by atoms with Gasteiger partial charge in [-0.05, 0) is 43.0 Å². The molecule has 2 aromatic rings. The molecule has 0 atom stereocenters. The van der Waals surface area contributed by atoms with Gasteiger partial charge in [-0.15, -0.1) is 11.3 Å². The van der Waals surface area contributed by atoms with Gasteiger partial charge in [-0.2, -0.15) is 0 Å². The summed E-state index contributed by atoms with van der Waals surface area (Å²) in [5, 5.41) is 2.00. The van der Waals surface area contributed by atoms with Crippen molar-refractivity contribution < 1.29 is 14.3 Å². The number of hydrogen-bond acceptors (Lipinski definition) is 4. The van der Waals surface area contributed by atoms with E-state index in [1.807, 2.05) is 31.4 Å². The number of hydrogen-bond donors (Lipinski definition) is 0. The zero-order valence-corrected chi connectivity index (χ0v) is 12.1. The number of benzene rings is 1. The second kappa shape index (κ2) is 5.13. The Morgan fingerprint density at radius 3 is 2.90 bits per heavy atom. The second-order valence-electron chi connectivity index (χ2n) is 4.50. The first-order valence-corrected chi connectivity index (χ1v) is 7.32. The van der Waals surface area contributed by atoms with Gasteiger partial charge in [0.05, 0.1) is 12.2 Å². The highest BCUT2D eigenvalue weighted by Crippen LogP contribution is 2.35. The Morgan fingerprint density at radius 2 is 2.20 bits per heavy atom. The molecule has 0 fully saturated rings. The number of fused-ring (bicyclic) bond motifs is 1. The van der Waals surface area contributed by atoms with E-state index in [1.54, 1.807) is 29.5 Å². The highest BCUT2D eigenvalue weighted by atomic mass is 32.1. The van der Waals surface area contributed by atoms with Crippen LogP contribution in [0.5, 0.6) is 11.5 Å². The highest BCUT2D eigenvalue weighted by Gasteiger charge is 2.27. The molecular formula is C16H14O3S. The Labute approximate surface area is 121 Å². The zero-order chi connectivity index (χ0) is 14.1. The van der Waals surface area contributed by atoms with Crippen molar-refractivity contribution >= 4 is 23.2 Å². The molecule has 20 heavy (non-hydrogen) atoms. The molecule has 2 heterocycles. The third-order valence-corrected chi connectivity index (χ3v) is 4.08. The van der Waals surface area contributed by atoms with E-state index in [-0.39, 0.29) is 5.78 Å². The minimum absolute atomic E-state index is 0.0733. The topological polar surface area (TPSA) is 35.5 Å². The Morgan fingerprint density at radius 1 is 1.35 bits per heavy atom. The van der Waals surface area contributed by atoms with Crippen molar-refractivity contribution in [1.82, 2.24) is 0 Å². The van der Waals surface area contributed by atoms with Crippen LogP contribution in [-0.4, -0.2) is 12.4 Å². The van der Waals surface area contributed by atoms with Crippen LogP contribution in [0, 0.1) is 6.92 Å². The molecule has 3 rings (SSSR count). The zero-order valence-electron chi connectivity index (χ0n) is 11.3. The van der Waals surface area contributed by atoms with Crippen molar-refractivity contribution in [3.8, 4) is 11.5 Å². The predicted octanol–water partition coefficient (Wildman–Crippen LogP) is 4.07. The molecule has 0 N–H and O–H groups in total. The van der Waals surface area contributed by atoms with Crippen LogP contribution in [0.1, 0.15) is 27.7 Å². The maximum absolute atomic E-state index is 12.3. The van der Waals surface area contributed by atoms with E-state index in [0.29, 0.717) is 29.4 Å². The average Bonchev–Trinajstić information content (AvgIpc) is 2.96. The molecule has 4 heteroatoms. The van der Waals surface area contributed by atoms with Gasteiger partial charge in [0, 0.05) is 17.0 Å². The SMILES string of the molecule is CCOc1ccc2c(c1)O/C(=C/c1sccc1C)C2=O. The van der Waals surface area contributed by atoms with Crippen LogP contribution < -0.4 is 9.47 Å². The van der Waals surface area contributed by atoms with Crippen LogP contribution in [0.25, 0.3) is 6.08 Å². The molecule has 3 nitrogen and oxygen atoms in total. The minimum Gasteiger partial charge on any atom is -0.494 e. The number of aryl methyl sites for hydroxylation is 1. The van der Waals surface area contributed by atoms with Crippen LogP contribution in [0.2, 0.25) is 0 Å². The van der Waals surface area contributed by atoms with Crippen LogP contribution in [-0.2, 0) is 0 Å². The Balaban J connectivity index is 1.94. The monoisotopic (exact) mass is 286 g/mol. The molecule has 0 spiro atoms. The molecular weight excluding hydrogens is 272 g/mol. The summed E-state index contributed by atoms with van der Waals surface area (Å²) in [6.45, 7) is 4.52. The maximum Gasteiger partial charge on any atom is 0.232 e. The number of Topliss-reactive ketones (excluding diaryl/α,β-unsaturated/α-hetero) is 1. The molecule has 1 aliphatic heterocycles. The van der Waals surface area contributed by atoms with Gasteiger partial charge in [-0.1, -0.05) is 0 Å². The van der Waals surface area contributed by atoms with Gasteiger partial charge in [-0.3, -0.25) is 4.79 Å². The molecule has 0 amide bonds. The van der Waals surface area contributed by atoms with Crippen molar-refractivity contribution in [2.45, 2.75) is 13.8 Å². The standard InChI is InChI=1S/C16H14O3S/c1-3-18-11-4-5-12-13(8-11)19-14(16(12)17)9-15-10(2)6-7-20-15/h4-9H,3H2,1-2H3/b14-9+. The fourth-order valence-corrected chi connectivity index (χ4v) is 2.92. The quantitative estimate of drug-likeness (QED) is 0.798. The molecule has 1 aliphatic rings. The summed E-state index contributed by atoms with van der Waals surface area (Å²) in [4.78, 5) is 13.3. The number of rotatable bonds is 3. The molecule has 1 aromatic heterocycles. The molecule has 0 saturated heterocycles. The van der Waals surface area contributed by atoms with E-state index in [4.69, 9.17) is 9.47 Å². The van der Waals surface area contributed by atoms with Crippen molar-refractivity contribution in [3.63, 3.8) is 0 Å². The molecule has 102 valence electrons. The third kappa shape index (κ3) is 2.23. The summed E-state index contributed by atoms with van der Waals surface area (Å²) < 4.78 is 11.1. The van der Waals surface area contributed by atoms with E-state index in [9.17, 15) is 4.79 Å². The normalized spacial score (nSPS) is 15.3. The number of thiophene rings is 1. The van der Waals surface area contributed by atoms with Gasteiger partial charge in [0.1, 0.15) is 11.5 Å². The third-order valence-electron chi connectivity index (χ3n) is 3.12. The van der Waals surface area contributed by atoms with Gasteiger partial charge >= 0.3 is 0 Å². The first-order chi connectivity index (χ1) is 9.69. The van der Waals surface area contributed by atoms with E-state index >= 15 is 0 Å². The van der Waals surface area contributed by atoms with Crippen molar-refractivity contribution in [2.75, 3.05) is 6.61 Å². The van der Waals surface area contributed by atoms with Gasteiger partial charge in [0.2, 0.25) is 5.78 Å². The van der Waals surface area contributed by atoms with E-state index in [1.165, 1.54) is 0 Å². The number of carbonyl (C=O) groups is 1. The van der Waals surface area contributed by atoms with Gasteiger partial charge < -0.3 is 9.47 Å². The largest absolute Gasteiger partial charge is 0.494 e. The van der Waals surface area contributed by atoms with Crippen LogP contribution in [0.3, 0.4) is 0 Å². The van der Waals surface area contributed by atoms with Gasteiger partial charge in [0.25, 0.3) is 0 Å². The van der Waals surface area contributed by atoms with Crippen molar-refractivity contribution in [1.29, 1.82) is 0 Å². The number of carbonyl (C=O) groups excluding carboxylic acids is 1. The Hall–Kier alpha value is -2.07. The number of allylic oxidation sites excluding steroid dienone is 1. The van der Waals surface area contributed by atoms with Gasteiger partial charge in [-0.25, -0.2) is 0 Å². The first kappa shape index (κ1) is 12.9. The summed E-state index contributed by atoms with van der Waals surface area (Å²) in [6.07, 6.45) is 1.81. The summed E-state index contributed by atoms with van der Waals surface area (Å²) in [7, 11) is 0. The van der Waals surface area contributed by atoms with E-state index < -0.39 is 0 Å². The fraction of sp³-hybridized carbons (Fsp3) is 0.188. The van der Waals surface area contributed by atoms with Gasteiger partial charge in [0.15, 0.2) is 5.76 Å². The van der Waals surface area contributed by atoms with Crippen molar-refractivity contribution in [2.24, 2.45) is 0 Å². The number of ether oxygens (including phenoxy) is 2. The summed E-state index contributed by atoms with van der Waals surface area (Å²) in [5.74, 6) is 1.59. The lowest BCUT2D eigenvalue weighted by Crippen LogP contribution is -1.97. The van der Waals surface area contributed by atoms with E-state index in [2.05, 4.69) is 0 Å². The minimum atomic E-state index is -0.0733. The first-order valence-electron chi connectivity index (χ1n) is 6.44. The lowest BCUT2D eigenvalue weighted by molar-refractivity contribution is 0.101. The van der Waals surface area contributed by atoms with E-state index in [0.717, 1.165) is 10.4 Å². The fourth-order valence-electron chi connectivity index (χ4n) is 2.08. The Kier molecular flexibility index (Phi) is 3.32. The predicted molar refractivity (Wildman–Crippen MR) is 79.6 cm³/mol. The summed E-state index contributed by atoms with van der Waals surface area (Å²) in [6, 6.07) is 7.34. The van der Waals surface area contributed by atoms with Crippen molar-refractivity contribution in [3.05, 3.63) is 51.4 Å². The van der Waals surface area contributed by atoms with Crippen LogP contribution >= 0.6 is 11.3 Å². The van der Waals surface area contributed by atoms with Crippen LogP contribution in [0.4, 0.5) is 0 Å². The molecule has 0 radical (unpaired) electrons. The smallest absolute Gasteiger partial charge is 0.232 e. The molecule has 0 unspecified atom stereocenters. The van der Waals surface area contributed by atoms with Crippen LogP contribution in [0.15, 0.2) is 35.4 Å². The maximum atomic E-state index is 12.3. The summed E-state index contributed by atoms with van der Waals surface area (Å²) >= 11 is 1.60. The molecule has 0 saturated carbocycles.